The lowest BCUT2D eigenvalue weighted by atomic mass is 9.93. The van der Waals surface area contributed by atoms with Gasteiger partial charge >= 0.3 is 6.61 Å². The zero-order valence-corrected chi connectivity index (χ0v) is 14.8. The van der Waals surface area contributed by atoms with Crippen molar-refractivity contribution in [1.29, 1.82) is 0 Å². The summed E-state index contributed by atoms with van der Waals surface area (Å²) in [6.07, 6.45) is 3.64. The van der Waals surface area contributed by atoms with E-state index in [1.54, 1.807) is 24.1 Å². The number of amides is 1. The molecule has 1 aliphatic rings. The first kappa shape index (κ1) is 19.4. The van der Waals surface area contributed by atoms with Gasteiger partial charge in [-0.15, -0.1) is 0 Å². The Morgan fingerprint density at radius 3 is 2.68 bits per heavy atom. The van der Waals surface area contributed by atoms with Crippen molar-refractivity contribution in [2.75, 3.05) is 27.2 Å². The third kappa shape index (κ3) is 6.16. The highest BCUT2D eigenvalue weighted by Crippen LogP contribution is 2.30. The summed E-state index contributed by atoms with van der Waals surface area (Å²) in [6, 6.07) is 4.80. The number of methoxy groups -OCH3 is 1. The molecule has 1 heterocycles. The van der Waals surface area contributed by atoms with Crippen LogP contribution in [0.5, 0.6) is 11.5 Å². The average molecular weight is 356 g/mol. The molecule has 0 radical (unpaired) electrons. The van der Waals surface area contributed by atoms with Crippen molar-refractivity contribution in [3.8, 4) is 11.5 Å². The SMILES string of the molecule is COc1ccc(CN(C)C(=O)CCC2CCNCC2)cc1OC(F)F. The molecular weight excluding hydrogens is 330 g/mol. The topological polar surface area (TPSA) is 50.8 Å². The number of ether oxygens (including phenoxy) is 2. The van der Waals surface area contributed by atoms with Crippen LogP contribution in [0.1, 0.15) is 31.2 Å². The first-order valence-corrected chi connectivity index (χ1v) is 8.56. The van der Waals surface area contributed by atoms with Crippen LogP contribution in [0, 0.1) is 5.92 Å². The van der Waals surface area contributed by atoms with E-state index in [2.05, 4.69) is 10.1 Å². The number of carbonyl (C=O) groups excluding carboxylic acids is 1. The molecule has 1 amide bonds. The minimum atomic E-state index is -2.92. The van der Waals surface area contributed by atoms with Gasteiger partial charge in [0.2, 0.25) is 5.91 Å². The lowest BCUT2D eigenvalue weighted by Gasteiger charge is -2.24. The molecule has 1 aromatic carbocycles. The molecular formula is C18H26F2N2O3. The summed E-state index contributed by atoms with van der Waals surface area (Å²) in [4.78, 5) is 13.9. The summed E-state index contributed by atoms with van der Waals surface area (Å²) < 4.78 is 34.5. The largest absolute Gasteiger partial charge is 0.493 e. The molecule has 0 spiro atoms. The van der Waals surface area contributed by atoms with Gasteiger partial charge in [-0.25, -0.2) is 0 Å². The van der Waals surface area contributed by atoms with Gasteiger partial charge in [-0.2, -0.15) is 8.78 Å². The number of hydrogen-bond donors (Lipinski definition) is 1. The molecule has 1 fully saturated rings. The zero-order valence-electron chi connectivity index (χ0n) is 14.8. The van der Waals surface area contributed by atoms with Crippen molar-refractivity contribution >= 4 is 5.91 Å². The van der Waals surface area contributed by atoms with Gasteiger partial charge in [0.15, 0.2) is 11.5 Å². The van der Waals surface area contributed by atoms with Crippen molar-refractivity contribution in [3.63, 3.8) is 0 Å². The molecule has 1 N–H and O–H groups in total. The van der Waals surface area contributed by atoms with E-state index in [-0.39, 0.29) is 17.4 Å². The number of piperidine rings is 1. The standard InChI is InChI=1S/C18H26F2N2O3/c1-22(17(23)6-4-13-7-9-21-10-8-13)12-14-3-5-15(24-2)16(11-14)25-18(19)20/h3,5,11,13,18,21H,4,6-10,12H2,1-2H3. The number of rotatable bonds is 8. The van der Waals surface area contributed by atoms with Crippen LogP contribution in [-0.2, 0) is 11.3 Å². The third-order valence-corrected chi connectivity index (χ3v) is 4.51. The first-order chi connectivity index (χ1) is 12.0. The van der Waals surface area contributed by atoms with Gasteiger partial charge in [0.05, 0.1) is 7.11 Å². The second-order valence-corrected chi connectivity index (χ2v) is 6.35. The van der Waals surface area contributed by atoms with Gasteiger partial charge in [0, 0.05) is 20.0 Å². The lowest BCUT2D eigenvalue weighted by Crippen LogP contribution is -2.30. The fraction of sp³-hybridized carbons (Fsp3) is 0.611. The first-order valence-electron chi connectivity index (χ1n) is 8.56. The summed E-state index contributed by atoms with van der Waals surface area (Å²) in [5.41, 5.74) is 0.717. The fourth-order valence-corrected chi connectivity index (χ4v) is 3.06. The third-order valence-electron chi connectivity index (χ3n) is 4.51. The number of nitrogens with zero attached hydrogens (tertiary/aromatic N) is 1. The zero-order chi connectivity index (χ0) is 18.2. The number of nitrogens with one attached hydrogen (secondary N) is 1. The second-order valence-electron chi connectivity index (χ2n) is 6.35. The molecule has 2 rings (SSSR count). The molecule has 25 heavy (non-hydrogen) atoms. The summed E-state index contributed by atoms with van der Waals surface area (Å²) in [5, 5.41) is 3.31. The number of alkyl halides is 2. The fourth-order valence-electron chi connectivity index (χ4n) is 3.06. The predicted octanol–water partition coefficient (Wildman–Crippen LogP) is 3.03. The van der Waals surface area contributed by atoms with Crippen LogP contribution in [0.3, 0.4) is 0 Å². The highest BCUT2D eigenvalue weighted by Gasteiger charge is 2.17. The van der Waals surface area contributed by atoms with Crippen LogP contribution in [-0.4, -0.2) is 44.7 Å². The highest BCUT2D eigenvalue weighted by molar-refractivity contribution is 5.75. The molecule has 0 unspecified atom stereocenters. The molecule has 1 aromatic rings. The smallest absolute Gasteiger partial charge is 0.387 e. The molecule has 7 heteroatoms. The van der Waals surface area contributed by atoms with E-state index in [1.165, 1.54) is 13.2 Å². The monoisotopic (exact) mass is 356 g/mol. The normalized spacial score (nSPS) is 15.2. The van der Waals surface area contributed by atoms with Crippen molar-refractivity contribution in [3.05, 3.63) is 23.8 Å². The van der Waals surface area contributed by atoms with Crippen LogP contribution in [0.25, 0.3) is 0 Å². The van der Waals surface area contributed by atoms with Crippen LogP contribution >= 0.6 is 0 Å². The molecule has 0 aliphatic carbocycles. The minimum absolute atomic E-state index is 0.0226. The summed E-state index contributed by atoms with van der Waals surface area (Å²) in [7, 11) is 3.12. The van der Waals surface area contributed by atoms with Gasteiger partial charge in [-0.05, 0) is 56.0 Å². The Morgan fingerprint density at radius 1 is 1.32 bits per heavy atom. The number of hydrogen-bond acceptors (Lipinski definition) is 4. The van der Waals surface area contributed by atoms with Crippen LogP contribution in [0.2, 0.25) is 0 Å². The Bertz CT molecular complexity index is 563. The van der Waals surface area contributed by atoms with E-state index < -0.39 is 6.61 Å². The molecule has 0 aromatic heterocycles. The Kier molecular flexibility index (Phi) is 7.43. The van der Waals surface area contributed by atoms with E-state index in [0.29, 0.717) is 24.4 Å². The van der Waals surface area contributed by atoms with Crippen LogP contribution in [0.15, 0.2) is 18.2 Å². The Balaban J connectivity index is 1.89. The van der Waals surface area contributed by atoms with Crippen molar-refractivity contribution in [2.24, 2.45) is 5.92 Å². The molecule has 0 atom stereocenters. The lowest BCUT2D eigenvalue weighted by molar-refractivity contribution is -0.130. The number of carbonyl (C=O) groups is 1. The van der Waals surface area contributed by atoms with Crippen molar-refractivity contribution < 1.29 is 23.0 Å². The van der Waals surface area contributed by atoms with Gasteiger partial charge in [0.25, 0.3) is 0 Å². The second kappa shape index (κ2) is 9.56. The average Bonchev–Trinajstić information content (AvgIpc) is 2.60. The van der Waals surface area contributed by atoms with E-state index >= 15 is 0 Å². The minimum Gasteiger partial charge on any atom is -0.493 e. The highest BCUT2D eigenvalue weighted by atomic mass is 19.3. The molecule has 140 valence electrons. The molecule has 1 saturated heterocycles. The molecule has 0 bridgehead atoms. The van der Waals surface area contributed by atoms with Crippen LogP contribution in [0.4, 0.5) is 8.78 Å². The maximum Gasteiger partial charge on any atom is 0.387 e. The van der Waals surface area contributed by atoms with Gasteiger partial charge < -0.3 is 19.7 Å². The summed E-state index contributed by atoms with van der Waals surface area (Å²) >= 11 is 0. The van der Waals surface area contributed by atoms with Gasteiger partial charge in [0.1, 0.15) is 0 Å². The van der Waals surface area contributed by atoms with Gasteiger partial charge in [-0.1, -0.05) is 6.07 Å². The maximum absolute atomic E-state index is 12.5. The Morgan fingerprint density at radius 2 is 2.04 bits per heavy atom. The molecule has 5 nitrogen and oxygen atoms in total. The number of halogens is 2. The quantitative estimate of drug-likeness (QED) is 0.778. The summed E-state index contributed by atoms with van der Waals surface area (Å²) in [5.74, 6) is 0.880. The number of benzene rings is 1. The van der Waals surface area contributed by atoms with E-state index in [9.17, 15) is 13.6 Å². The molecule has 0 saturated carbocycles. The van der Waals surface area contributed by atoms with Crippen molar-refractivity contribution in [1.82, 2.24) is 10.2 Å². The molecule has 1 aliphatic heterocycles. The van der Waals surface area contributed by atoms with E-state index in [1.807, 2.05) is 0 Å². The van der Waals surface area contributed by atoms with E-state index in [4.69, 9.17) is 4.74 Å². The maximum atomic E-state index is 12.5. The van der Waals surface area contributed by atoms with E-state index in [0.717, 1.165) is 32.4 Å². The Hall–Kier alpha value is -1.89. The van der Waals surface area contributed by atoms with Crippen molar-refractivity contribution in [2.45, 2.75) is 38.8 Å². The predicted molar refractivity (Wildman–Crippen MR) is 90.9 cm³/mol. The van der Waals surface area contributed by atoms with Gasteiger partial charge in [-0.3, -0.25) is 4.79 Å². The van der Waals surface area contributed by atoms with Crippen LogP contribution < -0.4 is 14.8 Å². The Labute approximate surface area is 147 Å². The summed E-state index contributed by atoms with van der Waals surface area (Å²) in [6.45, 7) is -0.538.